The minimum absolute atomic E-state index is 0. The van der Waals surface area contributed by atoms with Crippen molar-refractivity contribution in [2.24, 2.45) is 0 Å². The van der Waals surface area contributed by atoms with E-state index in [-0.39, 0.29) is 46.7 Å². The number of ketones is 1. The van der Waals surface area contributed by atoms with Crippen LogP contribution in [0.15, 0.2) is 77.8 Å². The second kappa shape index (κ2) is 11.9. The van der Waals surface area contributed by atoms with Crippen LogP contribution in [-0.2, 0) is 11.4 Å². The van der Waals surface area contributed by atoms with Gasteiger partial charge in [0.2, 0.25) is 5.78 Å². The summed E-state index contributed by atoms with van der Waals surface area (Å²) in [5.74, 6) is 0.0228. The van der Waals surface area contributed by atoms with E-state index < -0.39 is 0 Å². The Morgan fingerprint density at radius 3 is 2.58 bits per heavy atom. The largest absolute Gasteiger partial charge is 1.00 e. The third-order valence-corrected chi connectivity index (χ3v) is 5.81. The molecule has 6 heteroatoms. The van der Waals surface area contributed by atoms with E-state index in [4.69, 9.17) is 0 Å². The summed E-state index contributed by atoms with van der Waals surface area (Å²) in [4.78, 5) is 18.0. The molecule has 4 nitrogen and oxygen atoms in total. The summed E-state index contributed by atoms with van der Waals surface area (Å²) in [6, 6.07) is 19.5. The van der Waals surface area contributed by atoms with Gasteiger partial charge in [0.05, 0.1) is 5.69 Å². The maximum atomic E-state index is 12.8. The zero-order valence-electron chi connectivity index (χ0n) is 18.5. The van der Waals surface area contributed by atoms with Crippen molar-refractivity contribution in [2.45, 2.75) is 37.0 Å². The Labute approximate surface area is 210 Å². The van der Waals surface area contributed by atoms with Gasteiger partial charge in [-0.25, -0.2) is 0 Å². The molecule has 0 aliphatic carbocycles. The van der Waals surface area contributed by atoms with Crippen molar-refractivity contribution in [1.29, 1.82) is 0 Å². The molecule has 3 aromatic rings. The summed E-state index contributed by atoms with van der Waals surface area (Å²) in [5, 5.41) is 10.5. The molecule has 156 valence electrons. The number of hydrogen-bond donors (Lipinski definition) is 0. The molecule has 0 spiro atoms. The van der Waals surface area contributed by atoms with Gasteiger partial charge in [0.15, 0.2) is 0 Å². The third kappa shape index (κ3) is 7.49. The Bertz CT molecular complexity index is 1030. The Balaban J connectivity index is 0.00000341. The van der Waals surface area contributed by atoms with Crippen molar-refractivity contribution in [1.82, 2.24) is 4.57 Å². The quantitative estimate of drug-likeness (QED) is 0.167. The minimum atomic E-state index is -0.291. The number of aromatic nitrogens is 1. The predicted molar refractivity (Wildman–Crippen MR) is 120 cm³/mol. The first-order chi connectivity index (χ1) is 14.4. The molecule has 0 aliphatic heterocycles. The van der Waals surface area contributed by atoms with Gasteiger partial charge in [0.1, 0.15) is 0 Å². The van der Waals surface area contributed by atoms with Crippen molar-refractivity contribution >= 4 is 23.6 Å². The van der Waals surface area contributed by atoms with Crippen LogP contribution in [0.3, 0.4) is 0 Å². The average Bonchev–Trinajstić information content (AvgIpc) is 3.16. The minimum Gasteiger partial charge on any atom is -0.723 e. The van der Waals surface area contributed by atoms with Gasteiger partial charge in [-0.15, -0.1) is 11.8 Å². The van der Waals surface area contributed by atoms with Crippen molar-refractivity contribution < 1.29 is 44.5 Å². The normalized spacial score (nSPS) is 11.5. The monoisotopic (exact) mass is 443 g/mol. The summed E-state index contributed by atoms with van der Waals surface area (Å²) >= 11 is 1.61. The molecular weight excluding hydrogens is 417 g/mol. The first-order valence-electron chi connectivity index (χ1n) is 9.85. The SMILES string of the molecule is Cc1ccc(C(=O)c2cccn2C/C=C/c2cccc(SC(C)(C)CO[O-])c2)cc1.[Na+]. The Hall–Kier alpha value is -1.60. The number of aryl methyl sites for hydroxylation is 1. The summed E-state index contributed by atoms with van der Waals surface area (Å²) < 4.78 is 1.66. The fourth-order valence-corrected chi connectivity index (χ4v) is 4.19. The number of rotatable bonds is 9. The van der Waals surface area contributed by atoms with Gasteiger partial charge >= 0.3 is 29.6 Å². The number of allylic oxidation sites excluding steroid dienone is 1. The van der Waals surface area contributed by atoms with Crippen molar-refractivity contribution in [3.63, 3.8) is 0 Å². The van der Waals surface area contributed by atoms with E-state index in [9.17, 15) is 10.1 Å². The van der Waals surface area contributed by atoms with Crippen LogP contribution in [0.5, 0.6) is 0 Å². The molecule has 0 amide bonds. The smallest absolute Gasteiger partial charge is 0.723 e. The summed E-state index contributed by atoms with van der Waals surface area (Å²) in [7, 11) is 0. The Morgan fingerprint density at radius 1 is 1.13 bits per heavy atom. The van der Waals surface area contributed by atoms with Crippen LogP contribution in [0.2, 0.25) is 0 Å². The molecule has 0 N–H and O–H groups in total. The van der Waals surface area contributed by atoms with Gasteiger partial charge in [-0.1, -0.05) is 54.1 Å². The fourth-order valence-electron chi connectivity index (χ4n) is 3.11. The predicted octanol–water partition coefficient (Wildman–Crippen LogP) is 1.91. The van der Waals surface area contributed by atoms with E-state index in [1.54, 1.807) is 11.8 Å². The van der Waals surface area contributed by atoms with E-state index in [2.05, 4.69) is 11.0 Å². The van der Waals surface area contributed by atoms with Crippen LogP contribution < -0.4 is 34.8 Å². The molecule has 0 bridgehead atoms. The maximum Gasteiger partial charge on any atom is 1.00 e. The number of thioether (sulfide) groups is 1. The van der Waals surface area contributed by atoms with Gasteiger partial charge < -0.3 is 14.7 Å². The van der Waals surface area contributed by atoms with E-state index in [1.807, 2.05) is 98.3 Å². The number of carbonyl (C=O) groups is 1. The zero-order chi connectivity index (χ0) is 21.6. The van der Waals surface area contributed by atoms with Crippen LogP contribution in [0.1, 0.15) is 41.0 Å². The Kier molecular flexibility index (Phi) is 9.82. The van der Waals surface area contributed by atoms with E-state index >= 15 is 0 Å². The fraction of sp³-hybridized carbons (Fsp3) is 0.240. The van der Waals surface area contributed by atoms with Crippen molar-refractivity contribution in [3.8, 4) is 0 Å². The number of hydrogen-bond acceptors (Lipinski definition) is 4. The molecule has 1 heterocycles. The molecule has 0 fully saturated rings. The molecule has 0 saturated heterocycles. The first kappa shape index (κ1) is 25.7. The van der Waals surface area contributed by atoms with E-state index in [0.29, 0.717) is 17.8 Å². The van der Waals surface area contributed by atoms with Crippen LogP contribution in [0.4, 0.5) is 0 Å². The Morgan fingerprint density at radius 2 is 1.87 bits per heavy atom. The van der Waals surface area contributed by atoms with Crippen molar-refractivity contribution in [2.75, 3.05) is 6.61 Å². The maximum absolute atomic E-state index is 12.8. The van der Waals surface area contributed by atoms with E-state index in [1.165, 1.54) is 0 Å². The topological polar surface area (TPSA) is 54.3 Å². The molecular formula is C25H26NNaO3S. The number of benzene rings is 2. The molecule has 0 saturated carbocycles. The van der Waals surface area contributed by atoms with Crippen LogP contribution in [0, 0.1) is 6.92 Å². The molecule has 31 heavy (non-hydrogen) atoms. The summed E-state index contributed by atoms with van der Waals surface area (Å²) in [6.45, 7) is 6.72. The number of nitrogens with zero attached hydrogens (tertiary/aromatic N) is 1. The molecule has 0 radical (unpaired) electrons. The first-order valence-corrected chi connectivity index (χ1v) is 10.7. The number of carbonyl (C=O) groups excluding carboxylic acids is 1. The second-order valence-corrected chi connectivity index (χ2v) is 9.62. The summed E-state index contributed by atoms with van der Waals surface area (Å²) in [5.41, 5.74) is 3.57. The standard InChI is InChI=1S/C25H27NO3S.Na/c1-19-11-13-21(14-12-19)24(27)23-10-6-16-26(23)15-5-8-20-7-4-9-22(17-20)30-25(2,3)18-29-28;/h4-14,16-17,28H,15,18H2,1-3H3;/q;+1/p-1/b8-5+;. The molecule has 3 rings (SSSR count). The zero-order valence-corrected chi connectivity index (χ0v) is 21.3. The van der Waals surface area contributed by atoms with Gasteiger partial charge in [-0.05, 0) is 50.6 Å². The average molecular weight is 444 g/mol. The van der Waals surface area contributed by atoms with Crippen LogP contribution in [-0.4, -0.2) is 21.7 Å². The summed E-state index contributed by atoms with van der Waals surface area (Å²) in [6.07, 6.45) is 6.01. The molecule has 0 aliphatic rings. The molecule has 0 unspecified atom stereocenters. The molecule has 2 aromatic carbocycles. The van der Waals surface area contributed by atoms with Crippen molar-refractivity contribution in [3.05, 3.63) is 95.3 Å². The molecule has 1 aromatic heterocycles. The molecule has 0 atom stereocenters. The van der Waals surface area contributed by atoms with Gasteiger partial charge in [0, 0.05) is 34.6 Å². The van der Waals surface area contributed by atoms with E-state index in [0.717, 1.165) is 16.0 Å². The van der Waals surface area contributed by atoms with Gasteiger partial charge in [-0.2, -0.15) is 0 Å². The van der Waals surface area contributed by atoms with Gasteiger partial charge in [0.25, 0.3) is 0 Å². The van der Waals surface area contributed by atoms with Crippen LogP contribution in [0.25, 0.3) is 6.08 Å². The second-order valence-electron chi connectivity index (χ2n) is 7.84. The third-order valence-electron chi connectivity index (χ3n) is 4.65. The van der Waals surface area contributed by atoms with Gasteiger partial charge in [-0.3, -0.25) is 4.79 Å². The van der Waals surface area contributed by atoms with Crippen LogP contribution >= 0.6 is 11.8 Å².